The summed E-state index contributed by atoms with van der Waals surface area (Å²) in [6.45, 7) is 7.35. The Hall–Kier alpha value is -1.27. The Bertz CT molecular complexity index is 641. The maximum atomic E-state index is 12.2. The highest BCUT2D eigenvalue weighted by atomic mass is 35.5. The van der Waals surface area contributed by atoms with Gasteiger partial charge in [-0.1, -0.05) is 37.1 Å². The second-order valence-corrected chi connectivity index (χ2v) is 9.29. The van der Waals surface area contributed by atoms with Gasteiger partial charge in [0.15, 0.2) is 5.96 Å². The second-order valence-electron chi connectivity index (χ2n) is 6.88. The predicted octanol–water partition coefficient (Wildman–Crippen LogP) is 3.74. The van der Waals surface area contributed by atoms with E-state index >= 15 is 0 Å². The van der Waals surface area contributed by atoms with Gasteiger partial charge in [-0.25, -0.2) is 4.99 Å². The molecule has 152 valence electrons. The van der Waals surface area contributed by atoms with Crippen LogP contribution in [-0.2, 0) is 10.8 Å². The number of nitrogens with zero attached hydrogens (tertiary/aromatic N) is 1. The van der Waals surface area contributed by atoms with Crippen LogP contribution in [0.3, 0.4) is 0 Å². The molecule has 0 amide bonds. The molecule has 0 aliphatic heterocycles. The van der Waals surface area contributed by atoms with Crippen LogP contribution in [0.4, 0.5) is 0 Å². The molecule has 1 aliphatic carbocycles. The summed E-state index contributed by atoms with van der Waals surface area (Å²) in [7, 11) is -0.721. The zero-order valence-corrected chi connectivity index (χ0v) is 18.1. The fourth-order valence-corrected chi connectivity index (χ4v) is 4.81. The summed E-state index contributed by atoms with van der Waals surface area (Å²) < 4.78 is 18.0. The minimum atomic E-state index is -0.721. The number of aliphatic imine (C=N–C) groups is 1. The van der Waals surface area contributed by atoms with E-state index in [1.807, 2.05) is 38.1 Å². The van der Waals surface area contributed by atoms with Crippen molar-refractivity contribution < 1.29 is 8.95 Å². The molecule has 1 saturated carbocycles. The quantitative estimate of drug-likeness (QED) is 0.503. The molecule has 2 rings (SSSR count). The highest BCUT2D eigenvalue weighted by molar-refractivity contribution is 7.85. The number of guanidine groups is 1. The van der Waals surface area contributed by atoms with Gasteiger partial charge in [0.1, 0.15) is 11.9 Å². The number of hydrogen-bond acceptors (Lipinski definition) is 3. The average Bonchev–Trinajstić information content (AvgIpc) is 2.67. The average molecular weight is 414 g/mol. The molecule has 0 aromatic heterocycles. The monoisotopic (exact) mass is 413 g/mol. The number of para-hydroxylation sites is 1. The second kappa shape index (κ2) is 11.5. The SMILES string of the molecule is CCNC(=NCC(C)Oc1ccccc1Cl)NC1CCCC(S(=O)CC)C1. The summed E-state index contributed by atoms with van der Waals surface area (Å²) in [4.78, 5) is 4.67. The molecule has 0 spiro atoms. The third-order valence-corrected chi connectivity index (χ3v) is 6.69. The smallest absolute Gasteiger partial charge is 0.191 e. The summed E-state index contributed by atoms with van der Waals surface area (Å²) in [6.07, 6.45) is 4.12. The van der Waals surface area contributed by atoms with Gasteiger partial charge in [-0.3, -0.25) is 4.21 Å². The number of benzene rings is 1. The Morgan fingerprint density at radius 2 is 2.15 bits per heavy atom. The molecule has 4 unspecified atom stereocenters. The summed E-state index contributed by atoms with van der Waals surface area (Å²) in [5.74, 6) is 2.21. The van der Waals surface area contributed by atoms with Gasteiger partial charge in [0.25, 0.3) is 0 Å². The first-order valence-electron chi connectivity index (χ1n) is 9.86. The van der Waals surface area contributed by atoms with E-state index in [1.54, 1.807) is 0 Å². The summed E-state index contributed by atoms with van der Waals surface area (Å²) in [6, 6.07) is 7.79. The number of hydrogen-bond donors (Lipinski definition) is 2. The van der Waals surface area contributed by atoms with Crippen LogP contribution in [0, 0.1) is 0 Å². The predicted molar refractivity (Wildman–Crippen MR) is 115 cm³/mol. The van der Waals surface area contributed by atoms with Crippen LogP contribution in [0.15, 0.2) is 29.3 Å². The molecule has 0 saturated heterocycles. The molecule has 4 atom stereocenters. The van der Waals surface area contributed by atoms with E-state index in [0.717, 1.165) is 43.9 Å². The lowest BCUT2D eigenvalue weighted by atomic mass is 9.95. The van der Waals surface area contributed by atoms with Crippen LogP contribution in [-0.4, -0.2) is 46.4 Å². The van der Waals surface area contributed by atoms with E-state index in [2.05, 4.69) is 22.5 Å². The summed E-state index contributed by atoms with van der Waals surface area (Å²) in [5, 5.41) is 7.72. The van der Waals surface area contributed by atoms with Crippen LogP contribution < -0.4 is 15.4 Å². The minimum absolute atomic E-state index is 0.0907. The first kappa shape index (κ1) is 22.0. The van der Waals surface area contributed by atoms with Gasteiger partial charge < -0.3 is 15.4 Å². The molecule has 1 aromatic rings. The first-order valence-corrected chi connectivity index (χ1v) is 11.6. The van der Waals surface area contributed by atoms with Crippen LogP contribution in [0.5, 0.6) is 5.75 Å². The van der Waals surface area contributed by atoms with Gasteiger partial charge in [-0.15, -0.1) is 0 Å². The largest absolute Gasteiger partial charge is 0.487 e. The lowest BCUT2D eigenvalue weighted by Crippen LogP contribution is -2.47. The maximum Gasteiger partial charge on any atom is 0.191 e. The van der Waals surface area contributed by atoms with Crippen LogP contribution >= 0.6 is 11.6 Å². The van der Waals surface area contributed by atoms with Gasteiger partial charge >= 0.3 is 0 Å². The van der Waals surface area contributed by atoms with E-state index in [4.69, 9.17) is 16.3 Å². The topological polar surface area (TPSA) is 62.7 Å². The Morgan fingerprint density at radius 1 is 1.37 bits per heavy atom. The molecule has 2 N–H and O–H groups in total. The molecule has 0 bridgehead atoms. The maximum absolute atomic E-state index is 12.2. The molecule has 0 radical (unpaired) electrons. The van der Waals surface area contributed by atoms with E-state index in [1.165, 1.54) is 0 Å². The Morgan fingerprint density at radius 3 is 2.85 bits per heavy atom. The Balaban J connectivity index is 1.91. The zero-order valence-electron chi connectivity index (χ0n) is 16.5. The van der Waals surface area contributed by atoms with Crippen molar-refractivity contribution in [2.75, 3.05) is 18.8 Å². The molecule has 5 nitrogen and oxygen atoms in total. The first-order chi connectivity index (χ1) is 13.0. The van der Waals surface area contributed by atoms with E-state index < -0.39 is 10.8 Å². The third kappa shape index (κ3) is 7.34. The van der Waals surface area contributed by atoms with Gasteiger partial charge in [0, 0.05) is 34.4 Å². The molecule has 0 heterocycles. The Kier molecular flexibility index (Phi) is 9.42. The molecule has 1 fully saturated rings. The lowest BCUT2D eigenvalue weighted by molar-refractivity contribution is 0.230. The molecule has 7 heteroatoms. The fourth-order valence-electron chi connectivity index (χ4n) is 3.28. The van der Waals surface area contributed by atoms with Crippen molar-refractivity contribution in [1.29, 1.82) is 0 Å². The van der Waals surface area contributed by atoms with Gasteiger partial charge in [-0.05, 0) is 45.2 Å². The fraction of sp³-hybridized carbons (Fsp3) is 0.650. The lowest BCUT2D eigenvalue weighted by Gasteiger charge is -2.30. The van der Waals surface area contributed by atoms with Crippen LogP contribution in [0.2, 0.25) is 5.02 Å². The summed E-state index contributed by atoms with van der Waals surface area (Å²) in [5.41, 5.74) is 0. The van der Waals surface area contributed by atoms with Crippen molar-refractivity contribution >= 4 is 28.4 Å². The van der Waals surface area contributed by atoms with Crippen molar-refractivity contribution in [1.82, 2.24) is 10.6 Å². The highest BCUT2D eigenvalue weighted by Crippen LogP contribution is 2.24. The molecule has 1 aromatic carbocycles. The van der Waals surface area contributed by atoms with Gasteiger partial charge in [-0.2, -0.15) is 0 Å². The molecule has 1 aliphatic rings. The van der Waals surface area contributed by atoms with Crippen molar-refractivity contribution in [3.8, 4) is 5.75 Å². The van der Waals surface area contributed by atoms with Crippen LogP contribution in [0.25, 0.3) is 0 Å². The number of nitrogens with one attached hydrogen (secondary N) is 2. The number of halogens is 1. The van der Waals surface area contributed by atoms with Crippen molar-refractivity contribution in [3.63, 3.8) is 0 Å². The van der Waals surface area contributed by atoms with E-state index in [0.29, 0.717) is 28.6 Å². The van der Waals surface area contributed by atoms with E-state index in [9.17, 15) is 4.21 Å². The number of ether oxygens (including phenoxy) is 1. The molecular weight excluding hydrogens is 382 g/mol. The normalized spacial score (nSPS) is 22.7. The Labute approximate surface area is 170 Å². The molecular formula is C20H32ClN3O2S. The zero-order chi connectivity index (χ0) is 19.6. The van der Waals surface area contributed by atoms with Crippen LogP contribution in [0.1, 0.15) is 46.5 Å². The van der Waals surface area contributed by atoms with Crippen molar-refractivity contribution in [3.05, 3.63) is 29.3 Å². The number of rotatable bonds is 8. The van der Waals surface area contributed by atoms with Crippen molar-refractivity contribution in [2.45, 2.75) is 63.9 Å². The third-order valence-electron chi connectivity index (χ3n) is 4.64. The van der Waals surface area contributed by atoms with E-state index in [-0.39, 0.29) is 6.10 Å². The molecule has 27 heavy (non-hydrogen) atoms. The van der Waals surface area contributed by atoms with Crippen molar-refractivity contribution in [2.24, 2.45) is 4.99 Å². The standard InChI is InChI=1S/C20H32ClN3O2S/c1-4-22-20(24-16-9-8-10-17(13-16)27(25)5-2)23-14-15(3)26-19-12-7-6-11-18(19)21/h6-7,11-12,15-17H,4-5,8-10,13-14H2,1-3H3,(H2,22,23,24). The van der Waals surface area contributed by atoms with Gasteiger partial charge in [0.2, 0.25) is 0 Å². The summed E-state index contributed by atoms with van der Waals surface area (Å²) >= 11 is 6.15. The van der Waals surface area contributed by atoms with Gasteiger partial charge in [0.05, 0.1) is 11.6 Å². The highest BCUT2D eigenvalue weighted by Gasteiger charge is 2.26. The minimum Gasteiger partial charge on any atom is -0.487 e.